The number of hydrogen-bond acceptors (Lipinski definition) is 7. The molecule has 0 aliphatic heterocycles. The van der Waals surface area contributed by atoms with Gasteiger partial charge >= 0.3 is 0 Å². The van der Waals surface area contributed by atoms with Crippen molar-refractivity contribution in [2.45, 2.75) is 6.54 Å². The van der Waals surface area contributed by atoms with Gasteiger partial charge in [-0.05, 0) is 42.5 Å². The van der Waals surface area contributed by atoms with Gasteiger partial charge in [0.1, 0.15) is 16.6 Å². The molecular weight excluding hydrogens is 428 g/mol. The van der Waals surface area contributed by atoms with Crippen LogP contribution in [0.2, 0.25) is 0 Å². The minimum Gasteiger partial charge on any atom is -0.355 e. The van der Waals surface area contributed by atoms with Gasteiger partial charge in [-0.15, -0.1) is 10.2 Å². The van der Waals surface area contributed by atoms with Gasteiger partial charge in [-0.3, -0.25) is 9.59 Å². The average Bonchev–Trinajstić information content (AvgIpc) is 3.43. The molecule has 2 N–H and O–H groups in total. The minimum absolute atomic E-state index is 0.0164. The molecule has 0 aliphatic carbocycles. The number of rotatable bonds is 6. The lowest BCUT2D eigenvalue weighted by Gasteiger charge is -2.01. The maximum absolute atomic E-state index is 13.2. The lowest BCUT2D eigenvalue weighted by molar-refractivity contribution is 0.0941. The van der Waals surface area contributed by atoms with E-state index in [0.29, 0.717) is 16.3 Å². The zero-order valence-electron chi connectivity index (χ0n) is 15.6. The molecule has 2 aromatic heterocycles. The molecule has 4 rings (SSSR count). The molecule has 0 spiro atoms. The van der Waals surface area contributed by atoms with E-state index in [4.69, 9.17) is 4.52 Å². The molecule has 2 aromatic carbocycles. The number of nitrogens with zero attached hydrogens (tertiary/aromatic N) is 3. The smallest absolute Gasteiger partial charge is 0.286 e. The molecule has 2 heterocycles. The van der Waals surface area contributed by atoms with Crippen LogP contribution < -0.4 is 10.6 Å². The number of aromatic nitrogens is 3. The van der Waals surface area contributed by atoms with E-state index >= 15 is 0 Å². The summed E-state index contributed by atoms with van der Waals surface area (Å²) >= 11 is 0.983. The molecule has 11 heteroatoms. The van der Waals surface area contributed by atoms with Gasteiger partial charge in [-0.1, -0.05) is 22.6 Å². The Bertz CT molecular complexity index is 1240. The molecule has 0 bridgehead atoms. The number of carbonyl (C=O) groups is 2. The zero-order valence-corrected chi connectivity index (χ0v) is 16.5. The Morgan fingerprint density at radius 2 is 1.77 bits per heavy atom. The largest absolute Gasteiger partial charge is 0.355 e. The third kappa shape index (κ3) is 4.95. The fourth-order valence-corrected chi connectivity index (χ4v) is 3.22. The van der Waals surface area contributed by atoms with Crippen LogP contribution in [0.3, 0.4) is 0 Å². The number of amides is 2. The van der Waals surface area contributed by atoms with Crippen LogP contribution in [0.4, 0.5) is 14.5 Å². The van der Waals surface area contributed by atoms with E-state index in [0.717, 1.165) is 11.3 Å². The second-order valence-electron chi connectivity index (χ2n) is 6.23. The molecule has 0 aliphatic rings. The Morgan fingerprint density at radius 1 is 0.968 bits per heavy atom. The summed E-state index contributed by atoms with van der Waals surface area (Å²) in [5.41, 5.74) is 0.900. The highest BCUT2D eigenvalue weighted by Gasteiger charge is 2.16. The summed E-state index contributed by atoms with van der Waals surface area (Å²) in [5, 5.41) is 16.9. The lowest BCUT2D eigenvalue weighted by atomic mass is 10.1. The first-order chi connectivity index (χ1) is 15.0. The second-order valence-corrected chi connectivity index (χ2v) is 7.29. The van der Waals surface area contributed by atoms with E-state index in [1.54, 1.807) is 6.07 Å². The van der Waals surface area contributed by atoms with Gasteiger partial charge in [-0.25, -0.2) is 8.78 Å². The van der Waals surface area contributed by atoms with Gasteiger partial charge in [0.15, 0.2) is 11.5 Å². The summed E-state index contributed by atoms with van der Waals surface area (Å²) in [6.07, 6.45) is 0. The van der Waals surface area contributed by atoms with Crippen LogP contribution in [0, 0.1) is 11.6 Å². The Balaban J connectivity index is 1.34. The summed E-state index contributed by atoms with van der Waals surface area (Å²) in [6, 6.07) is 12.4. The van der Waals surface area contributed by atoms with E-state index in [2.05, 4.69) is 26.0 Å². The summed E-state index contributed by atoms with van der Waals surface area (Å²) in [6.45, 7) is 0.0164. The quantitative estimate of drug-likeness (QED) is 0.473. The molecule has 31 heavy (non-hydrogen) atoms. The van der Waals surface area contributed by atoms with Gasteiger partial charge in [0, 0.05) is 17.3 Å². The molecule has 8 nitrogen and oxygen atoms in total. The van der Waals surface area contributed by atoms with E-state index in [-0.39, 0.29) is 28.8 Å². The van der Waals surface area contributed by atoms with Crippen LogP contribution in [-0.2, 0) is 6.54 Å². The monoisotopic (exact) mass is 441 g/mol. The highest BCUT2D eigenvalue weighted by molar-refractivity contribution is 7.13. The van der Waals surface area contributed by atoms with Crippen molar-refractivity contribution in [2.75, 3.05) is 5.32 Å². The van der Waals surface area contributed by atoms with E-state index in [9.17, 15) is 18.4 Å². The molecule has 2 amide bonds. The Morgan fingerprint density at radius 3 is 2.55 bits per heavy atom. The third-order valence-electron chi connectivity index (χ3n) is 4.02. The highest BCUT2D eigenvalue weighted by Crippen LogP contribution is 2.21. The number of nitrogens with one attached hydrogen (secondary N) is 2. The summed E-state index contributed by atoms with van der Waals surface area (Å²) in [5.74, 6) is -1.60. The van der Waals surface area contributed by atoms with Crippen LogP contribution in [0.1, 0.15) is 25.3 Å². The third-order valence-corrected chi connectivity index (χ3v) is 4.94. The Hall–Kier alpha value is -3.99. The Kier molecular flexibility index (Phi) is 5.76. The first kappa shape index (κ1) is 20.3. The number of benzene rings is 2. The first-order valence-electron chi connectivity index (χ1n) is 8.88. The van der Waals surface area contributed by atoms with Crippen LogP contribution in [0.25, 0.3) is 11.3 Å². The number of carbonyl (C=O) groups excluding carboxylic acids is 2. The number of halogens is 2. The standard InChI is InChI=1S/C20H13F2N5O3S/c21-12-6-4-11(5-7-12)16-9-15(27-30-16)18(28)23-10-17-25-26-20(31-17)19(29)24-14-3-1-2-13(22)8-14/h1-9H,10H2,(H,23,28)(H,24,29). The minimum atomic E-state index is -0.541. The molecule has 4 aromatic rings. The van der Waals surface area contributed by atoms with Gasteiger partial charge in [-0.2, -0.15) is 0 Å². The van der Waals surface area contributed by atoms with Crippen molar-refractivity contribution in [1.29, 1.82) is 0 Å². The van der Waals surface area contributed by atoms with Crippen LogP contribution in [0.15, 0.2) is 59.1 Å². The van der Waals surface area contributed by atoms with Crippen molar-refractivity contribution in [1.82, 2.24) is 20.7 Å². The number of hydrogen-bond donors (Lipinski definition) is 2. The summed E-state index contributed by atoms with van der Waals surface area (Å²) < 4.78 is 31.4. The molecule has 0 radical (unpaired) electrons. The molecule has 0 saturated carbocycles. The van der Waals surface area contributed by atoms with Crippen molar-refractivity contribution in [3.8, 4) is 11.3 Å². The maximum Gasteiger partial charge on any atom is 0.286 e. The lowest BCUT2D eigenvalue weighted by Crippen LogP contribution is -2.22. The topological polar surface area (TPSA) is 110 Å². The second kappa shape index (κ2) is 8.79. The molecule has 0 atom stereocenters. The SMILES string of the molecule is O=C(NCc1nnc(C(=O)Nc2cccc(F)c2)s1)c1cc(-c2ccc(F)cc2)on1. The predicted molar refractivity (Wildman–Crippen MR) is 107 cm³/mol. The van der Waals surface area contributed by atoms with Gasteiger partial charge in [0.25, 0.3) is 11.8 Å². The van der Waals surface area contributed by atoms with Crippen molar-refractivity contribution in [2.24, 2.45) is 0 Å². The fourth-order valence-electron chi connectivity index (χ4n) is 2.55. The summed E-state index contributed by atoms with van der Waals surface area (Å²) in [4.78, 5) is 24.5. The normalized spacial score (nSPS) is 10.6. The van der Waals surface area contributed by atoms with Crippen molar-refractivity contribution in [3.05, 3.63) is 81.9 Å². The van der Waals surface area contributed by atoms with Crippen LogP contribution in [0.5, 0.6) is 0 Å². The van der Waals surface area contributed by atoms with Gasteiger partial charge in [0.2, 0.25) is 5.01 Å². The van der Waals surface area contributed by atoms with E-state index in [1.165, 1.54) is 48.5 Å². The molecular formula is C20H13F2N5O3S. The van der Waals surface area contributed by atoms with Gasteiger partial charge in [0.05, 0.1) is 6.54 Å². The van der Waals surface area contributed by atoms with E-state index < -0.39 is 17.6 Å². The molecule has 0 saturated heterocycles. The van der Waals surface area contributed by atoms with Gasteiger partial charge < -0.3 is 15.2 Å². The van der Waals surface area contributed by atoms with Crippen molar-refractivity contribution >= 4 is 28.8 Å². The highest BCUT2D eigenvalue weighted by atomic mass is 32.1. The van der Waals surface area contributed by atoms with Crippen LogP contribution in [-0.4, -0.2) is 27.2 Å². The zero-order chi connectivity index (χ0) is 21.8. The Labute approximate surface area is 177 Å². The molecule has 0 fully saturated rings. The van der Waals surface area contributed by atoms with Crippen molar-refractivity contribution in [3.63, 3.8) is 0 Å². The maximum atomic E-state index is 13.2. The van der Waals surface area contributed by atoms with Crippen LogP contribution >= 0.6 is 11.3 Å². The average molecular weight is 441 g/mol. The summed E-state index contributed by atoms with van der Waals surface area (Å²) in [7, 11) is 0. The predicted octanol–water partition coefficient (Wildman–Crippen LogP) is 3.65. The van der Waals surface area contributed by atoms with E-state index in [1.807, 2.05) is 0 Å². The van der Waals surface area contributed by atoms with Crippen molar-refractivity contribution < 1.29 is 22.9 Å². The first-order valence-corrected chi connectivity index (χ1v) is 9.70. The molecule has 156 valence electrons. The fraction of sp³-hybridized carbons (Fsp3) is 0.0500. The number of anilines is 1. The molecule has 0 unspecified atom stereocenters.